The summed E-state index contributed by atoms with van der Waals surface area (Å²) in [5.74, 6) is 2.21. The fourth-order valence-electron chi connectivity index (χ4n) is 2.55. The number of aromatic nitrogens is 3. The number of ether oxygens (including phenoxy) is 1. The molecule has 1 aliphatic heterocycles. The van der Waals surface area contributed by atoms with Crippen molar-refractivity contribution in [3.05, 3.63) is 11.6 Å². The number of fused-ring (bicyclic) bond motifs is 1. The van der Waals surface area contributed by atoms with Crippen molar-refractivity contribution in [1.82, 2.24) is 19.7 Å². The van der Waals surface area contributed by atoms with Crippen LogP contribution in [-0.4, -0.2) is 39.2 Å². The standard InChI is InChI=1S/C13H22N4O2/c1-5-16-7-11-14-15-12(8-19-4)17(11)10(13(16)18)6-9(2)3/h9-10H,5-8H2,1-4H3/t10-/m0/s1. The third-order valence-corrected chi connectivity index (χ3v) is 3.43. The van der Waals surface area contributed by atoms with Gasteiger partial charge in [0.25, 0.3) is 0 Å². The lowest BCUT2D eigenvalue weighted by Crippen LogP contribution is -2.43. The van der Waals surface area contributed by atoms with Gasteiger partial charge in [-0.1, -0.05) is 13.8 Å². The summed E-state index contributed by atoms with van der Waals surface area (Å²) in [6.45, 7) is 7.88. The van der Waals surface area contributed by atoms with Crippen molar-refractivity contribution in [2.45, 2.75) is 46.4 Å². The van der Waals surface area contributed by atoms with Crippen LogP contribution >= 0.6 is 0 Å². The molecule has 1 atom stereocenters. The van der Waals surface area contributed by atoms with E-state index in [-0.39, 0.29) is 11.9 Å². The van der Waals surface area contributed by atoms with E-state index >= 15 is 0 Å². The maximum Gasteiger partial charge on any atom is 0.246 e. The quantitative estimate of drug-likeness (QED) is 0.807. The number of methoxy groups -OCH3 is 1. The summed E-state index contributed by atoms with van der Waals surface area (Å²) in [5.41, 5.74) is 0. The number of rotatable bonds is 5. The average molecular weight is 266 g/mol. The first-order valence-electron chi connectivity index (χ1n) is 6.78. The molecule has 0 radical (unpaired) electrons. The van der Waals surface area contributed by atoms with Crippen LogP contribution in [0.1, 0.15) is 44.9 Å². The molecule has 6 heteroatoms. The minimum absolute atomic E-state index is 0.167. The number of hydrogen-bond donors (Lipinski definition) is 0. The lowest BCUT2D eigenvalue weighted by Gasteiger charge is -2.33. The molecule has 0 spiro atoms. The molecule has 6 nitrogen and oxygen atoms in total. The Balaban J connectivity index is 2.39. The highest BCUT2D eigenvalue weighted by molar-refractivity contribution is 5.81. The van der Waals surface area contributed by atoms with E-state index in [0.29, 0.717) is 25.6 Å². The second-order valence-corrected chi connectivity index (χ2v) is 5.33. The van der Waals surface area contributed by atoms with Crippen LogP contribution in [0.5, 0.6) is 0 Å². The van der Waals surface area contributed by atoms with Gasteiger partial charge in [0.15, 0.2) is 11.6 Å². The Bertz CT molecular complexity index is 455. The van der Waals surface area contributed by atoms with Crippen LogP contribution in [0, 0.1) is 5.92 Å². The highest BCUT2D eigenvalue weighted by Crippen LogP contribution is 2.28. The normalized spacial score (nSPS) is 19.1. The minimum atomic E-state index is -0.191. The zero-order chi connectivity index (χ0) is 14.0. The molecule has 0 bridgehead atoms. The van der Waals surface area contributed by atoms with Gasteiger partial charge in [0.2, 0.25) is 5.91 Å². The van der Waals surface area contributed by atoms with E-state index in [2.05, 4.69) is 24.0 Å². The van der Waals surface area contributed by atoms with Crippen LogP contribution in [0.25, 0.3) is 0 Å². The summed E-state index contributed by atoms with van der Waals surface area (Å²) in [6, 6.07) is -0.191. The van der Waals surface area contributed by atoms with E-state index in [4.69, 9.17) is 4.74 Å². The largest absolute Gasteiger partial charge is 0.377 e. The maximum atomic E-state index is 12.5. The number of amides is 1. The lowest BCUT2D eigenvalue weighted by atomic mass is 10.0. The Morgan fingerprint density at radius 3 is 2.74 bits per heavy atom. The average Bonchev–Trinajstić information content (AvgIpc) is 2.75. The topological polar surface area (TPSA) is 60.2 Å². The molecule has 0 saturated carbocycles. The summed E-state index contributed by atoms with van der Waals surface area (Å²) < 4.78 is 7.12. The molecule has 0 N–H and O–H groups in total. The molecule has 0 unspecified atom stereocenters. The van der Waals surface area contributed by atoms with E-state index in [1.807, 2.05) is 16.4 Å². The molecule has 19 heavy (non-hydrogen) atoms. The van der Waals surface area contributed by atoms with Crippen molar-refractivity contribution in [3.8, 4) is 0 Å². The predicted molar refractivity (Wildman–Crippen MR) is 70.3 cm³/mol. The molecule has 0 aromatic carbocycles. The summed E-state index contributed by atoms with van der Waals surface area (Å²) in [5, 5.41) is 8.36. The molecule has 0 aliphatic carbocycles. The molecule has 2 rings (SSSR count). The van der Waals surface area contributed by atoms with Crippen molar-refractivity contribution in [2.24, 2.45) is 5.92 Å². The number of carbonyl (C=O) groups is 1. The number of carbonyl (C=O) groups excluding carboxylic acids is 1. The fraction of sp³-hybridized carbons (Fsp3) is 0.769. The third kappa shape index (κ3) is 2.63. The smallest absolute Gasteiger partial charge is 0.246 e. The first kappa shape index (κ1) is 14.0. The van der Waals surface area contributed by atoms with Crippen LogP contribution < -0.4 is 0 Å². The molecule has 106 valence electrons. The van der Waals surface area contributed by atoms with Gasteiger partial charge in [-0.3, -0.25) is 9.36 Å². The highest BCUT2D eigenvalue weighted by Gasteiger charge is 2.35. The molecular formula is C13H22N4O2. The second-order valence-electron chi connectivity index (χ2n) is 5.33. The summed E-state index contributed by atoms with van der Waals surface area (Å²) in [6.07, 6.45) is 0.803. The molecule has 0 saturated heterocycles. The van der Waals surface area contributed by atoms with Gasteiger partial charge in [-0.15, -0.1) is 10.2 Å². The summed E-state index contributed by atoms with van der Waals surface area (Å²) in [4.78, 5) is 14.4. The Morgan fingerprint density at radius 2 is 2.16 bits per heavy atom. The monoisotopic (exact) mass is 266 g/mol. The van der Waals surface area contributed by atoms with Gasteiger partial charge in [0, 0.05) is 13.7 Å². The second kappa shape index (κ2) is 5.69. The molecule has 1 aromatic rings. The highest BCUT2D eigenvalue weighted by atomic mass is 16.5. The van der Waals surface area contributed by atoms with E-state index < -0.39 is 0 Å². The van der Waals surface area contributed by atoms with Crippen molar-refractivity contribution in [1.29, 1.82) is 0 Å². The van der Waals surface area contributed by atoms with Crippen LogP contribution in [0.4, 0.5) is 0 Å². The molecule has 0 fully saturated rings. The van der Waals surface area contributed by atoms with E-state index in [9.17, 15) is 4.79 Å². The van der Waals surface area contributed by atoms with Crippen LogP contribution in [0.3, 0.4) is 0 Å². The number of nitrogens with zero attached hydrogens (tertiary/aromatic N) is 4. The minimum Gasteiger partial charge on any atom is -0.377 e. The number of likely N-dealkylation sites (N-methyl/N-ethyl adjacent to an activating group) is 1. The fourth-order valence-corrected chi connectivity index (χ4v) is 2.55. The SMILES string of the molecule is CCN1Cc2nnc(COC)n2[C@@H](CC(C)C)C1=O. The van der Waals surface area contributed by atoms with Crippen molar-refractivity contribution in [3.63, 3.8) is 0 Å². The Labute approximate surface area is 113 Å². The third-order valence-electron chi connectivity index (χ3n) is 3.43. The van der Waals surface area contributed by atoms with Gasteiger partial charge in [0.05, 0.1) is 6.54 Å². The van der Waals surface area contributed by atoms with Crippen LogP contribution in [0.15, 0.2) is 0 Å². The summed E-state index contributed by atoms with van der Waals surface area (Å²) >= 11 is 0. The van der Waals surface area contributed by atoms with Crippen molar-refractivity contribution in [2.75, 3.05) is 13.7 Å². The molecule has 2 heterocycles. The van der Waals surface area contributed by atoms with E-state index in [1.54, 1.807) is 7.11 Å². The molecule has 1 aromatic heterocycles. The molecular weight excluding hydrogens is 244 g/mol. The maximum absolute atomic E-state index is 12.5. The number of hydrogen-bond acceptors (Lipinski definition) is 4. The predicted octanol–water partition coefficient (Wildman–Crippen LogP) is 1.37. The molecule has 1 aliphatic rings. The summed E-state index contributed by atoms with van der Waals surface area (Å²) in [7, 11) is 1.63. The Morgan fingerprint density at radius 1 is 1.42 bits per heavy atom. The van der Waals surface area contributed by atoms with Gasteiger partial charge >= 0.3 is 0 Å². The van der Waals surface area contributed by atoms with Crippen LogP contribution in [-0.2, 0) is 22.7 Å². The van der Waals surface area contributed by atoms with E-state index in [1.165, 1.54) is 0 Å². The van der Waals surface area contributed by atoms with Gasteiger partial charge < -0.3 is 9.64 Å². The van der Waals surface area contributed by atoms with Gasteiger partial charge in [0.1, 0.15) is 12.6 Å². The molecule has 1 amide bonds. The van der Waals surface area contributed by atoms with Gasteiger partial charge in [-0.2, -0.15) is 0 Å². The van der Waals surface area contributed by atoms with Gasteiger partial charge in [-0.05, 0) is 19.3 Å². The zero-order valence-electron chi connectivity index (χ0n) is 12.1. The van der Waals surface area contributed by atoms with Crippen molar-refractivity contribution < 1.29 is 9.53 Å². The zero-order valence-corrected chi connectivity index (χ0v) is 12.1. The Hall–Kier alpha value is -1.43. The lowest BCUT2D eigenvalue weighted by molar-refractivity contribution is -0.138. The Kier molecular flexibility index (Phi) is 4.19. The first-order valence-corrected chi connectivity index (χ1v) is 6.78. The van der Waals surface area contributed by atoms with Gasteiger partial charge in [-0.25, -0.2) is 0 Å². The van der Waals surface area contributed by atoms with Crippen LogP contribution in [0.2, 0.25) is 0 Å². The van der Waals surface area contributed by atoms with E-state index in [0.717, 1.165) is 18.1 Å². The van der Waals surface area contributed by atoms with Crippen molar-refractivity contribution >= 4 is 5.91 Å². The first-order chi connectivity index (χ1) is 9.08.